The molecule has 0 amide bonds. The third kappa shape index (κ3) is 18.0. The highest BCUT2D eigenvalue weighted by atomic mass is 17.2. The summed E-state index contributed by atoms with van der Waals surface area (Å²) < 4.78 is 0. The summed E-state index contributed by atoms with van der Waals surface area (Å²) in [6.07, 6.45) is 0.286. The maximum absolute atomic E-state index is 6.13. The molecule has 8 nitrogen and oxygen atoms in total. The molecule has 0 aromatic heterocycles. The van der Waals surface area contributed by atoms with Crippen LogP contribution in [0.15, 0.2) is 0 Å². The van der Waals surface area contributed by atoms with Crippen LogP contribution in [0, 0.1) is 5.92 Å². The molecule has 0 aliphatic rings. The molecular weight excluding hydrogens is 464 g/mol. The fourth-order valence-corrected chi connectivity index (χ4v) is 3.01. The zero-order valence-corrected chi connectivity index (χ0v) is 26.4. The molecule has 3 atom stereocenters. The highest BCUT2D eigenvalue weighted by Crippen LogP contribution is 2.37. The topological polar surface area (TPSA) is 73.8 Å². The van der Waals surface area contributed by atoms with Crippen LogP contribution in [0.25, 0.3) is 0 Å². The van der Waals surface area contributed by atoms with Gasteiger partial charge >= 0.3 is 0 Å². The molecule has 0 N–H and O–H groups in total. The third-order valence-corrected chi connectivity index (χ3v) is 4.53. The van der Waals surface area contributed by atoms with Crippen molar-refractivity contribution in [3.8, 4) is 0 Å². The first-order valence-electron chi connectivity index (χ1n) is 13.1. The molecule has 8 heteroatoms. The summed E-state index contributed by atoms with van der Waals surface area (Å²) in [6.45, 7) is 33.2. The van der Waals surface area contributed by atoms with Crippen LogP contribution in [0.3, 0.4) is 0 Å². The summed E-state index contributed by atoms with van der Waals surface area (Å²) >= 11 is 0. The summed E-state index contributed by atoms with van der Waals surface area (Å²) in [5.74, 6) is -0.238. The SMILES string of the molecule is CC(CC(C(CC(C)(C)OOC(C)(C)C)OOC(C)(C)C)C(C)(C)OOC(C)(C)C)OOC(C)(C)C. The fraction of sp³-hybridized carbons (Fsp3) is 1.00. The molecule has 218 valence electrons. The van der Waals surface area contributed by atoms with Crippen LogP contribution in [0.1, 0.15) is 131 Å². The fourth-order valence-electron chi connectivity index (χ4n) is 3.01. The molecular formula is C28H58O8. The van der Waals surface area contributed by atoms with Gasteiger partial charge in [0.1, 0.15) is 17.3 Å². The number of hydrogen-bond donors (Lipinski definition) is 0. The van der Waals surface area contributed by atoms with Crippen LogP contribution < -0.4 is 0 Å². The maximum atomic E-state index is 6.13. The second-order valence-corrected chi connectivity index (χ2v) is 14.9. The summed E-state index contributed by atoms with van der Waals surface area (Å²) in [4.78, 5) is 46.6. The van der Waals surface area contributed by atoms with E-state index < -0.39 is 39.7 Å². The van der Waals surface area contributed by atoms with Gasteiger partial charge in [-0.2, -0.15) is 0 Å². The zero-order chi connectivity index (χ0) is 28.8. The minimum absolute atomic E-state index is 0.238. The van der Waals surface area contributed by atoms with E-state index in [0.29, 0.717) is 12.8 Å². The molecule has 0 spiro atoms. The molecule has 3 unspecified atom stereocenters. The van der Waals surface area contributed by atoms with E-state index in [1.165, 1.54) is 0 Å². The number of rotatable bonds is 14. The summed E-state index contributed by atoms with van der Waals surface area (Å²) in [5, 5.41) is 0. The van der Waals surface area contributed by atoms with Crippen molar-refractivity contribution in [3.63, 3.8) is 0 Å². The van der Waals surface area contributed by atoms with Gasteiger partial charge in [-0.1, -0.05) is 0 Å². The Morgan fingerprint density at radius 2 is 0.861 bits per heavy atom. The second kappa shape index (κ2) is 13.2. The molecule has 0 saturated heterocycles. The summed E-state index contributed by atoms with van der Waals surface area (Å²) in [6, 6.07) is 0. The van der Waals surface area contributed by atoms with Crippen molar-refractivity contribution in [1.29, 1.82) is 0 Å². The van der Waals surface area contributed by atoms with Gasteiger partial charge in [0, 0.05) is 12.3 Å². The van der Waals surface area contributed by atoms with E-state index in [4.69, 9.17) is 39.1 Å². The van der Waals surface area contributed by atoms with Gasteiger partial charge < -0.3 is 0 Å². The first kappa shape index (κ1) is 35.7. The van der Waals surface area contributed by atoms with Gasteiger partial charge in [-0.25, -0.2) is 39.1 Å². The van der Waals surface area contributed by atoms with Crippen molar-refractivity contribution < 1.29 is 39.1 Å². The van der Waals surface area contributed by atoms with Crippen molar-refractivity contribution in [2.75, 3.05) is 0 Å². The normalized spacial score (nSPS) is 17.2. The largest absolute Gasteiger partial charge is 0.233 e. The lowest BCUT2D eigenvalue weighted by atomic mass is 9.78. The smallest absolute Gasteiger partial charge is 0.103 e. The van der Waals surface area contributed by atoms with E-state index >= 15 is 0 Å². The van der Waals surface area contributed by atoms with Gasteiger partial charge in [0.05, 0.1) is 28.5 Å². The molecule has 0 heterocycles. The standard InChI is InChI=1S/C28H58O8/c1-20(29-31-23(2,3)4)18-21(28(16,17)36-34-26(11,12)13)22(30-32-24(5,6)7)19-27(14,15)35-33-25(8,9)10/h20-22H,18-19H2,1-17H3. The van der Waals surface area contributed by atoms with Gasteiger partial charge in [0.2, 0.25) is 0 Å². The Labute approximate surface area is 221 Å². The highest BCUT2D eigenvalue weighted by molar-refractivity contribution is 4.90. The van der Waals surface area contributed by atoms with Crippen molar-refractivity contribution in [2.24, 2.45) is 5.92 Å². The van der Waals surface area contributed by atoms with Crippen LogP contribution in [-0.4, -0.2) is 45.8 Å². The average molecular weight is 523 g/mol. The minimum atomic E-state index is -0.778. The van der Waals surface area contributed by atoms with Crippen molar-refractivity contribution in [1.82, 2.24) is 0 Å². The Bertz CT molecular complexity index is 617. The minimum Gasteiger partial charge on any atom is -0.233 e. The zero-order valence-electron chi connectivity index (χ0n) is 26.4. The lowest BCUT2D eigenvalue weighted by Gasteiger charge is -2.42. The van der Waals surface area contributed by atoms with Crippen molar-refractivity contribution in [2.45, 2.75) is 176 Å². The molecule has 0 saturated carbocycles. The molecule has 0 fully saturated rings. The molecule has 0 aromatic rings. The van der Waals surface area contributed by atoms with Gasteiger partial charge in [-0.15, -0.1) is 0 Å². The average Bonchev–Trinajstić information content (AvgIpc) is 2.62. The van der Waals surface area contributed by atoms with E-state index in [2.05, 4.69) is 0 Å². The molecule has 0 aliphatic carbocycles. The Morgan fingerprint density at radius 1 is 0.472 bits per heavy atom. The lowest BCUT2D eigenvalue weighted by molar-refractivity contribution is -0.442. The van der Waals surface area contributed by atoms with Gasteiger partial charge in [0.25, 0.3) is 0 Å². The molecule has 36 heavy (non-hydrogen) atoms. The highest BCUT2D eigenvalue weighted by Gasteiger charge is 2.44. The van der Waals surface area contributed by atoms with Crippen molar-refractivity contribution in [3.05, 3.63) is 0 Å². The van der Waals surface area contributed by atoms with E-state index in [-0.39, 0.29) is 12.0 Å². The third-order valence-electron chi connectivity index (χ3n) is 4.53. The number of hydrogen-bond acceptors (Lipinski definition) is 8. The van der Waals surface area contributed by atoms with Crippen LogP contribution in [-0.2, 0) is 39.1 Å². The van der Waals surface area contributed by atoms with Gasteiger partial charge in [-0.3, -0.25) is 0 Å². The molecule has 0 bridgehead atoms. The first-order chi connectivity index (χ1) is 15.7. The summed E-state index contributed by atoms with van der Waals surface area (Å²) in [5.41, 5.74) is -3.36. The van der Waals surface area contributed by atoms with Crippen LogP contribution >= 0.6 is 0 Å². The van der Waals surface area contributed by atoms with E-state index in [1.807, 2.05) is 118 Å². The Morgan fingerprint density at radius 3 is 1.28 bits per heavy atom. The van der Waals surface area contributed by atoms with Crippen LogP contribution in [0.2, 0.25) is 0 Å². The quantitative estimate of drug-likeness (QED) is 0.170. The molecule has 0 aliphatic heterocycles. The Balaban J connectivity index is 6.11. The lowest BCUT2D eigenvalue weighted by Crippen LogP contribution is -2.49. The van der Waals surface area contributed by atoms with Gasteiger partial charge in [0.15, 0.2) is 0 Å². The summed E-state index contributed by atoms with van der Waals surface area (Å²) in [7, 11) is 0. The Hall–Kier alpha value is -0.320. The predicted octanol–water partition coefficient (Wildman–Crippen LogP) is 7.68. The van der Waals surface area contributed by atoms with Crippen molar-refractivity contribution >= 4 is 0 Å². The Kier molecular flexibility index (Phi) is 13.0. The first-order valence-corrected chi connectivity index (χ1v) is 13.1. The molecule has 0 aromatic carbocycles. The van der Waals surface area contributed by atoms with E-state index in [9.17, 15) is 0 Å². The molecule has 0 radical (unpaired) electrons. The second-order valence-electron chi connectivity index (χ2n) is 14.9. The van der Waals surface area contributed by atoms with Crippen LogP contribution in [0.5, 0.6) is 0 Å². The van der Waals surface area contributed by atoms with E-state index in [0.717, 1.165) is 0 Å². The maximum Gasteiger partial charge on any atom is 0.103 e. The monoisotopic (exact) mass is 522 g/mol. The van der Waals surface area contributed by atoms with E-state index in [1.54, 1.807) is 0 Å². The van der Waals surface area contributed by atoms with Gasteiger partial charge in [-0.05, 0) is 124 Å². The van der Waals surface area contributed by atoms with Crippen LogP contribution in [0.4, 0.5) is 0 Å². The predicted molar refractivity (Wildman–Crippen MR) is 142 cm³/mol. The molecule has 0 rings (SSSR count).